The van der Waals surface area contributed by atoms with Gasteiger partial charge in [0, 0.05) is 31.5 Å². The summed E-state index contributed by atoms with van der Waals surface area (Å²) in [5.41, 5.74) is 1.43. The van der Waals surface area contributed by atoms with E-state index in [0.29, 0.717) is 5.69 Å². The van der Waals surface area contributed by atoms with E-state index in [4.69, 9.17) is 0 Å². The Morgan fingerprint density at radius 2 is 1.71 bits per heavy atom. The Bertz CT molecular complexity index is 667. The topological polar surface area (TPSA) is 74.3 Å². The number of benzene rings is 1. The molecule has 2 N–H and O–H groups in total. The maximum atomic E-state index is 11.8. The molecule has 126 valence electrons. The van der Waals surface area contributed by atoms with Gasteiger partial charge in [0.25, 0.3) is 0 Å². The molecule has 0 atom stereocenters. The fraction of sp³-hybridized carbons (Fsp3) is 0.278. The van der Waals surface area contributed by atoms with Crippen molar-refractivity contribution in [3.63, 3.8) is 0 Å². The summed E-state index contributed by atoms with van der Waals surface area (Å²) in [4.78, 5) is 30.2. The number of rotatable bonds is 6. The van der Waals surface area contributed by atoms with E-state index in [1.165, 1.54) is 0 Å². The van der Waals surface area contributed by atoms with Crippen LogP contribution in [0.1, 0.15) is 19.4 Å². The van der Waals surface area contributed by atoms with Gasteiger partial charge in [-0.2, -0.15) is 0 Å². The first-order valence-electron chi connectivity index (χ1n) is 7.98. The standard InChI is InChI=1S/C18H22N4O2/c1-3-22(4-2)16-11-10-14(12-19-16)13-20-17(23)18(24)21-15-8-6-5-7-9-15/h5-12H,3-4,13H2,1-2H3,(H,20,23)(H,21,24). The molecule has 6 nitrogen and oxygen atoms in total. The lowest BCUT2D eigenvalue weighted by Gasteiger charge is -2.19. The molecule has 2 amide bonds. The third kappa shape index (κ3) is 4.81. The van der Waals surface area contributed by atoms with Gasteiger partial charge < -0.3 is 15.5 Å². The monoisotopic (exact) mass is 326 g/mol. The molecule has 2 aromatic rings. The Balaban J connectivity index is 1.86. The van der Waals surface area contributed by atoms with Crippen molar-refractivity contribution in [1.29, 1.82) is 0 Å². The third-order valence-electron chi connectivity index (χ3n) is 3.59. The van der Waals surface area contributed by atoms with E-state index in [0.717, 1.165) is 24.5 Å². The van der Waals surface area contributed by atoms with Crippen molar-refractivity contribution in [2.45, 2.75) is 20.4 Å². The van der Waals surface area contributed by atoms with Crippen LogP contribution in [0.15, 0.2) is 48.7 Å². The molecule has 0 spiro atoms. The Hall–Kier alpha value is -2.89. The number of amides is 2. The van der Waals surface area contributed by atoms with Crippen molar-refractivity contribution in [2.24, 2.45) is 0 Å². The van der Waals surface area contributed by atoms with Crippen molar-refractivity contribution in [1.82, 2.24) is 10.3 Å². The highest BCUT2D eigenvalue weighted by Gasteiger charge is 2.13. The minimum Gasteiger partial charge on any atom is -0.357 e. The van der Waals surface area contributed by atoms with Crippen LogP contribution in [0.25, 0.3) is 0 Å². The van der Waals surface area contributed by atoms with Crippen LogP contribution < -0.4 is 15.5 Å². The van der Waals surface area contributed by atoms with Crippen LogP contribution in [-0.4, -0.2) is 29.9 Å². The molecule has 0 aliphatic heterocycles. The lowest BCUT2D eigenvalue weighted by Crippen LogP contribution is -2.35. The molecule has 0 saturated carbocycles. The van der Waals surface area contributed by atoms with E-state index >= 15 is 0 Å². The summed E-state index contributed by atoms with van der Waals surface area (Å²) in [7, 11) is 0. The van der Waals surface area contributed by atoms with E-state index in [2.05, 4.69) is 34.4 Å². The molecule has 1 heterocycles. The average Bonchev–Trinajstić information content (AvgIpc) is 2.62. The molecule has 0 radical (unpaired) electrons. The van der Waals surface area contributed by atoms with Crippen LogP contribution in [0.4, 0.5) is 11.5 Å². The summed E-state index contributed by atoms with van der Waals surface area (Å²) in [5.74, 6) is -0.461. The fourth-order valence-corrected chi connectivity index (χ4v) is 2.23. The van der Waals surface area contributed by atoms with Gasteiger partial charge in [-0.1, -0.05) is 24.3 Å². The minimum absolute atomic E-state index is 0.257. The molecular formula is C18H22N4O2. The van der Waals surface area contributed by atoms with Crippen molar-refractivity contribution in [3.05, 3.63) is 54.2 Å². The maximum Gasteiger partial charge on any atom is 0.313 e. The molecule has 24 heavy (non-hydrogen) atoms. The SMILES string of the molecule is CCN(CC)c1ccc(CNC(=O)C(=O)Nc2ccccc2)cn1. The minimum atomic E-state index is -0.686. The molecule has 0 bridgehead atoms. The van der Waals surface area contributed by atoms with Crippen LogP contribution in [0.3, 0.4) is 0 Å². The first-order chi connectivity index (χ1) is 11.6. The number of anilines is 2. The predicted octanol–water partition coefficient (Wildman–Crippen LogP) is 2.18. The normalized spacial score (nSPS) is 10.1. The van der Waals surface area contributed by atoms with Gasteiger partial charge in [-0.25, -0.2) is 4.98 Å². The first kappa shape index (κ1) is 17.5. The van der Waals surface area contributed by atoms with Crippen LogP contribution in [0.2, 0.25) is 0 Å². The van der Waals surface area contributed by atoms with E-state index in [-0.39, 0.29) is 6.54 Å². The summed E-state index contributed by atoms with van der Waals surface area (Å²) < 4.78 is 0. The smallest absolute Gasteiger partial charge is 0.313 e. The zero-order valence-corrected chi connectivity index (χ0v) is 14.0. The largest absolute Gasteiger partial charge is 0.357 e. The summed E-state index contributed by atoms with van der Waals surface area (Å²) in [6.07, 6.45) is 1.71. The molecule has 0 fully saturated rings. The highest BCUT2D eigenvalue weighted by atomic mass is 16.2. The highest BCUT2D eigenvalue weighted by Crippen LogP contribution is 2.10. The summed E-state index contributed by atoms with van der Waals surface area (Å²) in [6.45, 7) is 6.18. The maximum absolute atomic E-state index is 11.8. The number of hydrogen-bond donors (Lipinski definition) is 2. The number of carbonyl (C=O) groups excluding carboxylic acids is 2. The number of aromatic nitrogens is 1. The molecule has 6 heteroatoms. The van der Waals surface area contributed by atoms with E-state index in [9.17, 15) is 9.59 Å². The fourth-order valence-electron chi connectivity index (χ4n) is 2.23. The number of nitrogens with zero attached hydrogens (tertiary/aromatic N) is 2. The summed E-state index contributed by atoms with van der Waals surface area (Å²) >= 11 is 0. The van der Waals surface area contributed by atoms with Gasteiger partial charge in [-0.3, -0.25) is 9.59 Å². The predicted molar refractivity (Wildman–Crippen MR) is 94.7 cm³/mol. The second-order valence-electron chi connectivity index (χ2n) is 5.20. The molecular weight excluding hydrogens is 304 g/mol. The second kappa shape index (κ2) is 8.67. The van der Waals surface area contributed by atoms with Crippen molar-refractivity contribution in [3.8, 4) is 0 Å². The Kier molecular flexibility index (Phi) is 6.31. The summed E-state index contributed by atoms with van der Waals surface area (Å²) in [5, 5.41) is 5.13. The van der Waals surface area contributed by atoms with E-state index < -0.39 is 11.8 Å². The van der Waals surface area contributed by atoms with Gasteiger partial charge in [-0.15, -0.1) is 0 Å². The molecule has 1 aromatic heterocycles. The lowest BCUT2D eigenvalue weighted by atomic mass is 10.2. The molecule has 1 aromatic carbocycles. The summed E-state index contributed by atoms with van der Waals surface area (Å²) in [6, 6.07) is 12.7. The Labute approximate surface area is 141 Å². The number of carbonyl (C=O) groups is 2. The van der Waals surface area contributed by atoms with Crippen molar-refractivity contribution < 1.29 is 9.59 Å². The molecule has 0 aliphatic carbocycles. The third-order valence-corrected chi connectivity index (χ3v) is 3.59. The Morgan fingerprint density at radius 3 is 2.29 bits per heavy atom. The lowest BCUT2D eigenvalue weighted by molar-refractivity contribution is -0.136. The van der Waals surface area contributed by atoms with Crippen LogP contribution in [0, 0.1) is 0 Å². The number of hydrogen-bond acceptors (Lipinski definition) is 4. The zero-order valence-electron chi connectivity index (χ0n) is 14.0. The zero-order chi connectivity index (χ0) is 17.4. The Morgan fingerprint density at radius 1 is 1.00 bits per heavy atom. The molecule has 0 saturated heterocycles. The van der Waals surface area contributed by atoms with Crippen LogP contribution in [0.5, 0.6) is 0 Å². The van der Waals surface area contributed by atoms with E-state index in [1.54, 1.807) is 30.5 Å². The molecule has 2 rings (SSSR count). The van der Waals surface area contributed by atoms with E-state index in [1.807, 2.05) is 18.2 Å². The average molecular weight is 326 g/mol. The molecule has 0 aliphatic rings. The second-order valence-corrected chi connectivity index (χ2v) is 5.20. The molecule has 0 unspecified atom stereocenters. The van der Waals surface area contributed by atoms with Crippen molar-refractivity contribution >= 4 is 23.3 Å². The van der Waals surface area contributed by atoms with Crippen LogP contribution in [-0.2, 0) is 16.1 Å². The number of pyridine rings is 1. The highest BCUT2D eigenvalue weighted by molar-refractivity contribution is 6.39. The number of para-hydroxylation sites is 1. The van der Waals surface area contributed by atoms with Gasteiger partial charge in [0.05, 0.1) is 0 Å². The first-order valence-corrected chi connectivity index (χ1v) is 7.98. The van der Waals surface area contributed by atoms with Gasteiger partial charge in [-0.05, 0) is 37.6 Å². The van der Waals surface area contributed by atoms with Gasteiger partial charge >= 0.3 is 11.8 Å². The van der Waals surface area contributed by atoms with Gasteiger partial charge in [0.1, 0.15) is 5.82 Å². The quantitative estimate of drug-likeness (QED) is 0.798. The number of nitrogens with one attached hydrogen (secondary N) is 2. The van der Waals surface area contributed by atoms with Gasteiger partial charge in [0.15, 0.2) is 0 Å². The van der Waals surface area contributed by atoms with Gasteiger partial charge in [0.2, 0.25) is 0 Å². The van der Waals surface area contributed by atoms with Crippen molar-refractivity contribution in [2.75, 3.05) is 23.3 Å². The van der Waals surface area contributed by atoms with Crippen LogP contribution >= 0.6 is 0 Å².